The second kappa shape index (κ2) is 7.91. The van der Waals surface area contributed by atoms with E-state index in [2.05, 4.69) is 25.1 Å². The van der Waals surface area contributed by atoms with Crippen molar-refractivity contribution in [3.63, 3.8) is 0 Å². The van der Waals surface area contributed by atoms with Crippen LogP contribution in [0.3, 0.4) is 0 Å². The Hall–Kier alpha value is -2.34. The molecule has 2 atom stereocenters. The maximum atomic E-state index is 11.9. The number of benzene rings is 1. The molecule has 1 heterocycles. The van der Waals surface area contributed by atoms with Gasteiger partial charge in [0.2, 0.25) is 5.91 Å². The van der Waals surface area contributed by atoms with Crippen LogP contribution < -0.4 is 5.73 Å². The zero-order valence-corrected chi connectivity index (χ0v) is 15.2. The minimum Gasteiger partial charge on any atom is -0.465 e. The number of carbonyl (C=O) groups excluding carboxylic acids is 1. The Morgan fingerprint density at radius 3 is 2.50 bits per heavy atom. The van der Waals surface area contributed by atoms with Crippen molar-refractivity contribution in [2.24, 2.45) is 11.7 Å². The van der Waals surface area contributed by atoms with Crippen molar-refractivity contribution >= 4 is 18.1 Å². The van der Waals surface area contributed by atoms with E-state index in [4.69, 9.17) is 5.73 Å². The van der Waals surface area contributed by atoms with Gasteiger partial charge in [0.1, 0.15) is 0 Å². The molecule has 1 aromatic carbocycles. The average molecular weight is 357 g/mol. The third-order valence-electron chi connectivity index (χ3n) is 5.44. The highest BCUT2D eigenvalue weighted by molar-refractivity contribution is 5.75. The molecule has 3 N–H and O–H groups in total. The summed E-state index contributed by atoms with van der Waals surface area (Å²) in [6, 6.07) is 10.2. The number of likely N-dealkylation sites (tertiary alicyclic amines) is 1. The average Bonchev–Trinajstić information content (AvgIpc) is 3.37. The Bertz CT molecular complexity index is 681. The summed E-state index contributed by atoms with van der Waals surface area (Å²) in [5.41, 5.74) is 7.63. The fourth-order valence-electron chi connectivity index (χ4n) is 4.04. The maximum Gasteiger partial charge on any atom is 0.407 e. The molecule has 1 saturated carbocycles. The molecule has 1 aromatic rings. The number of hydrogen-bond donors (Lipinski definition) is 2. The topological polar surface area (TPSA) is 86.9 Å². The number of carboxylic acid groups (broad SMARTS) is 1. The Balaban J connectivity index is 1.61. The number of piperidine rings is 1. The monoisotopic (exact) mass is 357 g/mol. The molecule has 0 aromatic heterocycles. The van der Waals surface area contributed by atoms with Gasteiger partial charge in [0.15, 0.2) is 0 Å². The van der Waals surface area contributed by atoms with Crippen molar-refractivity contribution in [2.45, 2.75) is 38.3 Å². The van der Waals surface area contributed by atoms with Crippen molar-refractivity contribution in [1.82, 2.24) is 9.80 Å². The van der Waals surface area contributed by atoms with Crippen molar-refractivity contribution in [1.29, 1.82) is 0 Å². The van der Waals surface area contributed by atoms with Gasteiger partial charge in [0.05, 0.1) is 6.54 Å². The molecule has 3 rings (SSSR count). The van der Waals surface area contributed by atoms with Gasteiger partial charge in [-0.25, -0.2) is 4.79 Å². The molecular weight excluding hydrogens is 330 g/mol. The molecule has 2 unspecified atom stereocenters. The lowest BCUT2D eigenvalue weighted by molar-refractivity contribution is -0.119. The van der Waals surface area contributed by atoms with Crippen LogP contribution in [0.4, 0.5) is 4.79 Å². The molecule has 2 amide bonds. The van der Waals surface area contributed by atoms with E-state index >= 15 is 0 Å². The standard InChI is InChI=1S/C20H27N3O3/c1-14(11-15-5-3-2-4-6-15)17-12-18(17)23(20(25)26)16-7-9-22(10-8-16)13-19(21)24/h2-6,11,16-18H,7-10,12-13H2,1H3,(H2,21,24)(H,25,26). The highest BCUT2D eigenvalue weighted by Crippen LogP contribution is 2.44. The van der Waals surface area contributed by atoms with E-state index in [1.807, 2.05) is 23.1 Å². The summed E-state index contributed by atoms with van der Waals surface area (Å²) in [5, 5.41) is 9.76. The van der Waals surface area contributed by atoms with Crippen LogP contribution in [-0.4, -0.2) is 58.6 Å². The van der Waals surface area contributed by atoms with Crippen LogP contribution in [0.15, 0.2) is 35.9 Å². The van der Waals surface area contributed by atoms with E-state index in [0.29, 0.717) is 19.0 Å². The van der Waals surface area contributed by atoms with Gasteiger partial charge in [-0.2, -0.15) is 0 Å². The normalized spacial score (nSPS) is 24.3. The summed E-state index contributed by atoms with van der Waals surface area (Å²) >= 11 is 0. The first-order valence-corrected chi connectivity index (χ1v) is 9.21. The lowest BCUT2D eigenvalue weighted by atomic mass is 10.0. The molecule has 26 heavy (non-hydrogen) atoms. The summed E-state index contributed by atoms with van der Waals surface area (Å²) in [6.07, 6.45) is 3.72. The van der Waals surface area contributed by atoms with E-state index in [-0.39, 0.29) is 24.5 Å². The second-order valence-electron chi connectivity index (χ2n) is 7.37. The van der Waals surface area contributed by atoms with Gasteiger partial charge in [0, 0.05) is 31.1 Å². The van der Waals surface area contributed by atoms with Gasteiger partial charge in [-0.1, -0.05) is 42.0 Å². The van der Waals surface area contributed by atoms with Crippen molar-refractivity contribution in [2.75, 3.05) is 19.6 Å². The molecule has 2 aliphatic rings. The number of nitrogens with zero attached hydrogens (tertiary/aromatic N) is 2. The van der Waals surface area contributed by atoms with Crippen LogP contribution in [-0.2, 0) is 4.79 Å². The SMILES string of the molecule is CC(=Cc1ccccc1)C1CC1N(C(=O)O)C1CCN(CC(N)=O)CC1. The number of rotatable bonds is 6. The van der Waals surface area contributed by atoms with E-state index in [0.717, 1.165) is 24.8 Å². The van der Waals surface area contributed by atoms with Gasteiger partial charge in [-0.15, -0.1) is 0 Å². The van der Waals surface area contributed by atoms with Gasteiger partial charge in [-0.3, -0.25) is 9.69 Å². The molecule has 6 nitrogen and oxygen atoms in total. The van der Waals surface area contributed by atoms with E-state index in [9.17, 15) is 14.7 Å². The van der Waals surface area contributed by atoms with Crippen LogP contribution in [0.25, 0.3) is 6.08 Å². The Morgan fingerprint density at radius 1 is 1.27 bits per heavy atom. The van der Waals surface area contributed by atoms with E-state index < -0.39 is 6.09 Å². The molecule has 1 saturated heterocycles. The van der Waals surface area contributed by atoms with Crippen LogP contribution in [0.1, 0.15) is 31.7 Å². The van der Waals surface area contributed by atoms with E-state index in [1.165, 1.54) is 5.57 Å². The molecule has 0 radical (unpaired) electrons. The predicted octanol–water partition coefficient (Wildman–Crippen LogP) is 2.41. The van der Waals surface area contributed by atoms with E-state index in [1.54, 1.807) is 4.90 Å². The molecule has 140 valence electrons. The van der Waals surface area contributed by atoms with Gasteiger partial charge >= 0.3 is 6.09 Å². The van der Waals surface area contributed by atoms with Crippen LogP contribution in [0, 0.1) is 5.92 Å². The molecule has 6 heteroatoms. The number of hydrogen-bond acceptors (Lipinski definition) is 3. The molecule has 1 aliphatic carbocycles. The van der Waals surface area contributed by atoms with Crippen molar-refractivity contribution < 1.29 is 14.7 Å². The largest absolute Gasteiger partial charge is 0.465 e. The minimum absolute atomic E-state index is 0.0242. The Labute approximate surface area is 154 Å². The minimum atomic E-state index is -0.835. The Morgan fingerprint density at radius 2 is 1.92 bits per heavy atom. The lowest BCUT2D eigenvalue weighted by Gasteiger charge is -2.37. The number of carbonyl (C=O) groups is 2. The third-order valence-corrected chi connectivity index (χ3v) is 5.44. The Kier molecular flexibility index (Phi) is 5.61. The van der Waals surface area contributed by atoms with Crippen molar-refractivity contribution in [3.8, 4) is 0 Å². The molecule has 0 bridgehead atoms. The molecule has 1 aliphatic heterocycles. The first-order valence-electron chi connectivity index (χ1n) is 9.21. The summed E-state index contributed by atoms with van der Waals surface area (Å²) in [7, 11) is 0. The fourth-order valence-corrected chi connectivity index (χ4v) is 4.04. The number of amides is 2. The summed E-state index contributed by atoms with van der Waals surface area (Å²) in [6.45, 7) is 3.78. The van der Waals surface area contributed by atoms with Gasteiger partial charge in [0.25, 0.3) is 0 Å². The first-order chi connectivity index (χ1) is 12.5. The smallest absolute Gasteiger partial charge is 0.407 e. The zero-order valence-electron chi connectivity index (χ0n) is 15.2. The fraction of sp³-hybridized carbons (Fsp3) is 0.500. The van der Waals surface area contributed by atoms with Gasteiger partial charge in [-0.05, 0) is 31.7 Å². The summed E-state index contributed by atoms with van der Waals surface area (Å²) in [4.78, 5) is 26.6. The van der Waals surface area contributed by atoms with Gasteiger partial charge < -0.3 is 15.7 Å². The molecule has 2 fully saturated rings. The number of primary amides is 1. The maximum absolute atomic E-state index is 11.9. The van der Waals surface area contributed by atoms with Crippen LogP contribution in [0.2, 0.25) is 0 Å². The highest BCUT2D eigenvalue weighted by atomic mass is 16.4. The summed E-state index contributed by atoms with van der Waals surface area (Å²) < 4.78 is 0. The van der Waals surface area contributed by atoms with Crippen molar-refractivity contribution in [3.05, 3.63) is 41.5 Å². The third kappa shape index (κ3) is 4.43. The summed E-state index contributed by atoms with van der Waals surface area (Å²) in [5.74, 6) is -0.0302. The van der Waals surface area contributed by atoms with Crippen LogP contribution >= 0.6 is 0 Å². The molecule has 0 spiro atoms. The highest BCUT2D eigenvalue weighted by Gasteiger charge is 2.47. The quantitative estimate of drug-likeness (QED) is 0.818. The second-order valence-corrected chi connectivity index (χ2v) is 7.37. The lowest BCUT2D eigenvalue weighted by Crippen LogP contribution is -2.49. The zero-order chi connectivity index (χ0) is 18.7. The number of nitrogens with two attached hydrogens (primary N) is 1. The first kappa shape index (κ1) is 18.5. The van der Waals surface area contributed by atoms with Crippen LogP contribution in [0.5, 0.6) is 0 Å². The predicted molar refractivity (Wildman–Crippen MR) is 101 cm³/mol. The molecular formula is C20H27N3O3.